The van der Waals surface area contributed by atoms with Crippen LogP contribution in [0.2, 0.25) is 0 Å². The number of nitrogens with zero attached hydrogens (tertiary/aromatic N) is 1. The van der Waals surface area contributed by atoms with Crippen LogP contribution >= 0.6 is 0 Å². The summed E-state index contributed by atoms with van der Waals surface area (Å²) in [5, 5.41) is 13.6. The highest BCUT2D eigenvalue weighted by molar-refractivity contribution is 5.68. The Morgan fingerprint density at radius 2 is 1.86 bits per heavy atom. The molecule has 21 heavy (non-hydrogen) atoms. The molecule has 0 aliphatic carbocycles. The van der Waals surface area contributed by atoms with Gasteiger partial charge in [0.2, 0.25) is 0 Å². The lowest BCUT2D eigenvalue weighted by atomic mass is 9.98. The summed E-state index contributed by atoms with van der Waals surface area (Å²) in [7, 11) is 0. The van der Waals surface area contributed by atoms with Gasteiger partial charge in [-0.2, -0.15) is 0 Å². The fourth-order valence-electron chi connectivity index (χ4n) is 2.58. The predicted octanol–water partition coefficient (Wildman–Crippen LogP) is 2.53. The molecule has 0 aromatic carbocycles. The third kappa shape index (κ3) is 7.14. The summed E-state index contributed by atoms with van der Waals surface area (Å²) in [4.78, 5) is 13.7. The van der Waals surface area contributed by atoms with E-state index in [2.05, 4.69) is 12.2 Å². The maximum absolute atomic E-state index is 12.0. The summed E-state index contributed by atoms with van der Waals surface area (Å²) in [5.41, 5.74) is -1.08. The Labute approximate surface area is 129 Å². The van der Waals surface area contributed by atoms with Gasteiger partial charge in [0, 0.05) is 25.7 Å². The largest absolute Gasteiger partial charge is 0.444 e. The number of hydrogen-bond acceptors (Lipinski definition) is 4. The number of amides is 1. The van der Waals surface area contributed by atoms with Gasteiger partial charge in [0.25, 0.3) is 0 Å². The molecule has 5 nitrogen and oxygen atoms in total. The van der Waals surface area contributed by atoms with Crippen molar-refractivity contribution in [1.29, 1.82) is 0 Å². The number of aliphatic hydroxyl groups is 1. The van der Waals surface area contributed by atoms with Gasteiger partial charge in [0.1, 0.15) is 5.60 Å². The minimum absolute atomic E-state index is 0.223. The molecule has 1 unspecified atom stereocenters. The van der Waals surface area contributed by atoms with Crippen molar-refractivity contribution in [3.8, 4) is 0 Å². The van der Waals surface area contributed by atoms with E-state index >= 15 is 0 Å². The molecule has 0 saturated carbocycles. The zero-order chi connectivity index (χ0) is 16.1. The average molecular weight is 300 g/mol. The zero-order valence-electron chi connectivity index (χ0n) is 14.2. The Kier molecular flexibility index (Phi) is 6.47. The van der Waals surface area contributed by atoms with Crippen molar-refractivity contribution >= 4 is 6.09 Å². The van der Waals surface area contributed by atoms with Crippen molar-refractivity contribution in [2.45, 2.75) is 77.5 Å². The molecule has 0 spiro atoms. The van der Waals surface area contributed by atoms with Crippen LogP contribution in [0, 0.1) is 0 Å². The summed E-state index contributed by atoms with van der Waals surface area (Å²) >= 11 is 0. The van der Waals surface area contributed by atoms with Crippen LogP contribution in [0.15, 0.2) is 0 Å². The quantitative estimate of drug-likeness (QED) is 0.819. The monoisotopic (exact) mass is 300 g/mol. The van der Waals surface area contributed by atoms with Gasteiger partial charge >= 0.3 is 6.09 Å². The average Bonchev–Trinajstić information content (AvgIpc) is 2.35. The van der Waals surface area contributed by atoms with Gasteiger partial charge in [-0.15, -0.1) is 0 Å². The Bertz CT molecular complexity index is 329. The van der Waals surface area contributed by atoms with Gasteiger partial charge < -0.3 is 20.1 Å². The number of ether oxygens (including phenoxy) is 1. The third-order valence-electron chi connectivity index (χ3n) is 3.71. The first-order chi connectivity index (χ1) is 9.63. The molecular formula is C16H32N2O3. The molecule has 1 aliphatic heterocycles. The van der Waals surface area contributed by atoms with E-state index in [1.807, 2.05) is 27.7 Å². The third-order valence-corrected chi connectivity index (χ3v) is 3.71. The van der Waals surface area contributed by atoms with Crippen molar-refractivity contribution in [3.63, 3.8) is 0 Å². The fraction of sp³-hybridized carbons (Fsp3) is 0.938. The minimum Gasteiger partial charge on any atom is -0.444 e. The number of carbonyl (C=O) groups excluding carboxylic acids is 1. The summed E-state index contributed by atoms with van der Waals surface area (Å²) in [6.07, 6.45) is 3.37. The number of nitrogens with one attached hydrogen (secondary N) is 1. The normalized spacial score (nSPS) is 20.2. The first-order valence-electron chi connectivity index (χ1n) is 8.06. The van der Waals surface area contributed by atoms with E-state index in [1.165, 1.54) is 0 Å². The van der Waals surface area contributed by atoms with Gasteiger partial charge in [-0.25, -0.2) is 4.79 Å². The molecule has 1 aliphatic rings. The molecule has 1 saturated heterocycles. The number of likely N-dealkylation sites (tertiary alicyclic amines) is 1. The van der Waals surface area contributed by atoms with E-state index in [-0.39, 0.29) is 6.09 Å². The molecule has 0 bridgehead atoms. The highest BCUT2D eigenvalue weighted by atomic mass is 16.6. The van der Waals surface area contributed by atoms with Crippen molar-refractivity contribution < 1.29 is 14.6 Å². The van der Waals surface area contributed by atoms with Crippen LogP contribution in [0.4, 0.5) is 4.79 Å². The van der Waals surface area contributed by atoms with Gasteiger partial charge in [-0.05, 0) is 47.0 Å². The van der Waals surface area contributed by atoms with Crippen molar-refractivity contribution in [2.75, 3.05) is 19.6 Å². The summed E-state index contributed by atoms with van der Waals surface area (Å²) in [5.74, 6) is 0. The van der Waals surface area contributed by atoms with Crippen LogP contribution in [0.1, 0.15) is 60.3 Å². The van der Waals surface area contributed by atoms with Crippen LogP contribution in [-0.2, 0) is 4.74 Å². The first kappa shape index (κ1) is 18.2. The molecule has 124 valence electrons. The van der Waals surface area contributed by atoms with E-state index in [0.29, 0.717) is 25.7 Å². The standard InChI is InChI=1S/C16H32N2O3/c1-6-9-16(5,20)12-17-13-7-10-18(11-8-13)14(19)21-15(2,3)4/h13,17,20H,6-12H2,1-5H3. The van der Waals surface area contributed by atoms with Crippen molar-refractivity contribution in [2.24, 2.45) is 0 Å². The van der Waals surface area contributed by atoms with Crippen LogP contribution in [0.3, 0.4) is 0 Å². The lowest BCUT2D eigenvalue weighted by Gasteiger charge is -2.35. The Morgan fingerprint density at radius 3 is 2.33 bits per heavy atom. The minimum atomic E-state index is -0.642. The summed E-state index contributed by atoms with van der Waals surface area (Å²) in [6, 6.07) is 0.368. The zero-order valence-corrected chi connectivity index (χ0v) is 14.2. The number of piperidine rings is 1. The van der Waals surface area contributed by atoms with E-state index in [1.54, 1.807) is 4.90 Å². The second kappa shape index (κ2) is 7.45. The molecule has 1 atom stereocenters. The Hall–Kier alpha value is -0.810. The first-order valence-corrected chi connectivity index (χ1v) is 8.06. The summed E-state index contributed by atoms with van der Waals surface area (Å²) < 4.78 is 5.39. The molecule has 0 radical (unpaired) electrons. The van der Waals surface area contributed by atoms with Gasteiger partial charge in [0.05, 0.1) is 5.60 Å². The van der Waals surface area contributed by atoms with Crippen molar-refractivity contribution in [1.82, 2.24) is 10.2 Å². The van der Waals surface area contributed by atoms with E-state index in [9.17, 15) is 9.90 Å². The molecule has 2 N–H and O–H groups in total. The lowest BCUT2D eigenvalue weighted by molar-refractivity contribution is 0.0170. The number of carbonyl (C=O) groups is 1. The van der Waals surface area contributed by atoms with Gasteiger partial charge in [-0.3, -0.25) is 0 Å². The maximum Gasteiger partial charge on any atom is 0.410 e. The second-order valence-corrected chi connectivity index (χ2v) is 7.37. The molecule has 0 aromatic heterocycles. The molecule has 0 aromatic rings. The molecule has 1 fully saturated rings. The number of hydrogen-bond donors (Lipinski definition) is 2. The maximum atomic E-state index is 12.0. The molecular weight excluding hydrogens is 268 g/mol. The Morgan fingerprint density at radius 1 is 1.29 bits per heavy atom. The molecule has 5 heteroatoms. The van der Waals surface area contributed by atoms with Crippen LogP contribution in [0.5, 0.6) is 0 Å². The fourth-order valence-corrected chi connectivity index (χ4v) is 2.58. The van der Waals surface area contributed by atoms with Crippen molar-refractivity contribution in [3.05, 3.63) is 0 Å². The molecule has 1 heterocycles. The van der Waals surface area contributed by atoms with E-state index in [4.69, 9.17) is 4.74 Å². The van der Waals surface area contributed by atoms with Crippen LogP contribution in [-0.4, -0.2) is 53.0 Å². The van der Waals surface area contributed by atoms with Crippen LogP contribution in [0.25, 0.3) is 0 Å². The SMILES string of the molecule is CCCC(C)(O)CNC1CCN(C(=O)OC(C)(C)C)CC1. The highest BCUT2D eigenvalue weighted by Gasteiger charge is 2.28. The van der Waals surface area contributed by atoms with E-state index < -0.39 is 11.2 Å². The predicted molar refractivity (Wildman–Crippen MR) is 84.4 cm³/mol. The second-order valence-electron chi connectivity index (χ2n) is 7.37. The number of rotatable bonds is 5. The molecule has 1 amide bonds. The van der Waals surface area contributed by atoms with E-state index in [0.717, 1.165) is 25.7 Å². The van der Waals surface area contributed by atoms with Crippen LogP contribution < -0.4 is 5.32 Å². The Balaban J connectivity index is 2.31. The summed E-state index contributed by atoms with van der Waals surface area (Å²) in [6.45, 7) is 11.6. The molecule has 1 rings (SSSR count). The van der Waals surface area contributed by atoms with Gasteiger partial charge in [-0.1, -0.05) is 13.3 Å². The topological polar surface area (TPSA) is 61.8 Å². The lowest BCUT2D eigenvalue weighted by Crippen LogP contribution is -2.49. The van der Waals surface area contributed by atoms with Gasteiger partial charge in [0.15, 0.2) is 0 Å². The highest BCUT2D eigenvalue weighted by Crippen LogP contribution is 2.17. The smallest absolute Gasteiger partial charge is 0.410 e.